The number of carbonyl (C=O) groups excluding carboxylic acids is 2. The van der Waals surface area contributed by atoms with Crippen molar-refractivity contribution in [3.63, 3.8) is 0 Å². The van der Waals surface area contributed by atoms with Gasteiger partial charge in [-0.1, -0.05) is 36.0 Å². The molecule has 26 heavy (non-hydrogen) atoms. The molecular formula is C16H10F3N3O2S2. The quantitative estimate of drug-likeness (QED) is 0.646. The average Bonchev–Trinajstić information content (AvgIpc) is 3.09. The van der Waals surface area contributed by atoms with Crippen molar-refractivity contribution in [2.75, 3.05) is 0 Å². The van der Waals surface area contributed by atoms with Crippen molar-refractivity contribution >= 4 is 29.7 Å². The Morgan fingerprint density at radius 1 is 0.885 bits per heavy atom. The van der Waals surface area contributed by atoms with Crippen LogP contribution >= 0.6 is 23.5 Å². The van der Waals surface area contributed by atoms with Gasteiger partial charge in [0.1, 0.15) is 5.03 Å². The van der Waals surface area contributed by atoms with E-state index in [9.17, 15) is 13.2 Å². The molecule has 0 amide bonds. The monoisotopic (exact) mass is 397 g/mol. The number of aromatic nitrogens is 3. The van der Waals surface area contributed by atoms with Crippen LogP contribution in [0.4, 0.5) is 13.2 Å². The zero-order valence-corrected chi connectivity index (χ0v) is 14.5. The first kappa shape index (κ1) is 19.8. The summed E-state index contributed by atoms with van der Waals surface area (Å²) >= 11 is 1.36. The van der Waals surface area contributed by atoms with Gasteiger partial charge in [-0.05, 0) is 47.2 Å². The third-order valence-corrected chi connectivity index (χ3v) is 4.54. The molecule has 0 spiro atoms. The highest BCUT2D eigenvalue weighted by Gasteiger charge is 2.28. The van der Waals surface area contributed by atoms with Crippen molar-refractivity contribution in [2.45, 2.75) is 20.3 Å². The van der Waals surface area contributed by atoms with Crippen LogP contribution in [0.5, 0.6) is 0 Å². The number of nitrogens with one attached hydrogen (secondary N) is 1. The van der Waals surface area contributed by atoms with E-state index in [0.29, 0.717) is 0 Å². The summed E-state index contributed by atoms with van der Waals surface area (Å²) in [5.41, 5.74) is -2.45. The molecule has 3 rings (SSSR count). The number of nitrogens with zero attached hydrogens (tertiary/aromatic N) is 2. The standard InChI is InChI=1S/C15H10F3N3S2.CO2/c16-15(17,18)23-13-7-3-11(4-8-13)10-1-5-12(6-2-10)22-14-9-19-21-20-14;2-1-3/h1-9H,(H,19,20,21);. The minimum absolute atomic E-state index is 0.110. The number of thioether (sulfide) groups is 1. The molecule has 5 nitrogen and oxygen atoms in total. The van der Waals surface area contributed by atoms with Gasteiger partial charge in [0.2, 0.25) is 0 Å². The van der Waals surface area contributed by atoms with Crippen molar-refractivity contribution in [2.24, 2.45) is 0 Å². The van der Waals surface area contributed by atoms with Gasteiger partial charge in [0.05, 0.1) is 6.20 Å². The second-order valence-electron chi connectivity index (χ2n) is 4.59. The molecule has 0 saturated heterocycles. The summed E-state index contributed by atoms with van der Waals surface area (Å²) < 4.78 is 36.9. The summed E-state index contributed by atoms with van der Waals surface area (Å²) in [5, 5.41) is 11.0. The highest BCUT2D eigenvalue weighted by Crippen LogP contribution is 2.37. The van der Waals surface area contributed by atoms with Crippen LogP contribution in [0.25, 0.3) is 11.1 Å². The number of H-pyrrole nitrogens is 1. The van der Waals surface area contributed by atoms with Gasteiger partial charge in [0, 0.05) is 9.79 Å². The Bertz CT molecular complexity index is 846. The Hall–Kier alpha value is -2.55. The Morgan fingerprint density at radius 2 is 1.38 bits per heavy atom. The van der Waals surface area contributed by atoms with Crippen LogP contribution in [0.3, 0.4) is 0 Å². The van der Waals surface area contributed by atoms with E-state index in [2.05, 4.69) is 15.4 Å². The van der Waals surface area contributed by atoms with Gasteiger partial charge in [-0.2, -0.15) is 33.1 Å². The summed E-state index contributed by atoms with van der Waals surface area (Å²) in [7, 11) is 0. The number of alkyl halides is 3. The van der Waals surface area contributed by atoms with Crippen molar-refractivity contribution in [1.29, 1.82) is 0 Å². The Labute approximate surface area is 154 Å². The molecule has 1 N–H and O–H groups in total. The largest absolute Gasteiger partial charge is 0.446 e. The zero-order valence-electron chi connectivity index (χ0n) is 12.9. The summed E-state index contributed by atoms with van der Waals surface area (Å²) in [4.78, 5) is 17.4. The first-order valence-electron chi connectivity index (χ1n) is 6.90. The van der Waals surface area contributed by atoms with Crippen LogP contribution in [0.1, 0.15) is 0 Å². The maximum absolute atomic E-state index is 12.3. The lowest BCUT2D eigenvalue weighted by atomic mass is 10.1. The minimum Gasteiger partial charge on any atom is -0.197 e. The fourth-order valence-corrected chi connectivity index (χ4v) is 3.17. The fraction of sp³-hybridized carbons (Fsp3) is 0.0625. The molecule has 2 aromatic carbocycles. The van der Waals surface area contributed by atoms with Gasteiger partial charge in [0.15, 0.2) is 0 Å². The summed E-state index contributed by atoms with van der Waals surface area (Å²) in [5.74, 6) is 0. The lowest BCUT2D eigenvalue weighted by Gasteiger charge is -2.07. The highest BCUT2D eigenvalue weighted by atomic mass is 32.2. The van der Waals surface area contributed by atoms with E-state index >= 15 is 0 Å². The van der Waals surface area contributed by atoms with E-state index in [1.54, 1.807) is 18.3 Å². The van der Waals surface area contributed by atoms with Crippen LogP contribution in [0, 0.1) is 0 Å². The molecule has 0 aliphatic carbocycles. The van der Waals surface area contributed by atoms with E-state index in [1.165, 1.54) is 23.9 Å². The van der Waals surface area contributed by atoms with Crippen LogP contribution in [0.2, 0.25) is 0 Å². The highest BCUT2D eigenvalue weighted by molar-refractivity contribution is 8.00. The third kappa shape index (κ3) is 6.40. The summed E-state index contributed by atoms with van der Waals surface area (Å²) in [6, 6.07) is 14.1. The van der Waals surface area contributed by atoms with Gasteiger partial charge < -0.3 is 0 Å². The maximum atomic E-state index is 12.3. The smallest absolute Gasteiger partial charge is 0.197 e. The van der Waals surface area contributed by atoms with Gasteiger partial charge in [-0.15, -0.1) is 5.10 Å². The van der Waals surface area contributed by atoms with Crippen molar-refractivity contribution < 1.29 is 22.8 Å². The molecular weight excluding hydrogens is 387 g/mol. The first-order valence-corrected chi connectivity index (χ1v) is 8.54. The lowest BCUT2D eigenvalue weighted by molar-refractivity contribution is -0.191. The van der Waals surface area contributed by atoms with E-state index < -0.39 is 5.51 Å². The van der Waals surface area contributed by atoms with Crippen LogP contribution < -0.4 is 0 Å². The SMILES string of the molecule is FC(F)(F)Sc1ccc(-c2ccc(Sc3cn[nH]n3)cc2)cc1.O=C=O. The van der Waals surface area contributed by atoms with Crippen LogP contribution in [-0.2, 0) is 9.59 Å². The number of hydrogen-bond acceptors (Lipinski definition) is 6. The molecule has 134 valence electrons. The summed E-state index contributed by atoms with van der Waals surface area (Å²) in [6.45, 7) is 0. The maximum Gasteiger partial charge on any atom is 0.446 e. The van der Waals surface area contributed by atoms with Gasteiger partial charge >= 0.3 is 11.7 Å². The first-order chi connectivity index (χ1) is 12.4. The second-order valence-corrected chi connectivity index (χ2v) is 6.82. The number of benzene rings is 2. The molecule has 1 heterocycles. The van der Waals surface area contributed by atoms with Gasteiger partial charge in [-0.3, -0.25) is 0 Å². The van der Waals surface area contributed by atoms with E-state index in [1.807, 2.05) is 24.3 Å². The van der Waals surface area contributed by atoms with Gasteiger partial charge in [-0.25, -0.2) is 0 Å². The molecule has 0 unspecified atom stereocenters. The predicted molar refractivity (Wildman–Crippen MR) is 89.3 cm³/mol. The Balaban J connectivity index is 0.000000758. The number of hydrogen-bond donors (Lipinski definition) is 1. The molecule has 10 heteroatoms. The van der Waals surface area contributed by atoms with Gasteiger partial charge in [0.25, 0.3) is 0 Å². The Kier molecular flexibility index (Phi) is 7.02. The molecule has 0 atom stereocenters. The summed E-state index contributed by atoms with van der Waals surface area (Å²) in [6.07, 6.45) is 1.88. The number of rotatable bonds is 4. The fourth-order valence-electron chi connectivity index (χ4n) is 1.93. The molecule has 3 aromatic rings. The Morgan fingerprint density at radius 3 is 1.81 bits per heavy atom. The molecule has 0 saturated carbocycles. The van der Waals surface area contributed by atoms with E-state index in [-0.39, 0.29) is 22.8 Å². The average molecular weight is 397 g/mol. The number of aromatic amines is 1. The molecule has 0 bridgehead atoms. The van der Waals surface area contributed by atoms with E-state index in [4.69, 9.17) is 9.59 Å². The number of halogens is 3. The van der Waals surface area contributed by atoms with Crippen molar-refractivity contribution in [1.82, 2.24) is 15.4 Å². The van der Waals surface area contributed by atoms with Crippen LogP contribution in [-0.4, -0.2) is 27.1 Å². The zero-order chi connectivity index (χ0) is 19.0. The molecule has 0 fully saturated rings. The molecule has 0 aliphatic rings. The third-order valence-electron chi connectivity index (χ3n) is 2.89. The normalized spacial score (nSPS) is 10.6. The lowest BCUT2D eigenvalue weighted by Crippen LogP contribution is -1.98. The van der Waals surface area contributed by atoms with E-state index in [0.717, 1.165) is 21.0 Å². The molecule has 1 aromatic heterocycles. The van der Waals surface area contributed by atoms with Crippen molar-refractivity contribution in [3.8, 4) is 11.1 Å². The molecule has 0 radical (unpaired) electrons. The topological polar surface area (TPSA) is 75.7 Å². The minimum atomic E-state index is -4.26. The predicted octanol–water partition coefficient (Wildman–Crippen LogP) is 4.65. The molecule has 0 aliphatic heterocycles. The second kappa shape index (κ2) is 9.23. The van der Waals surface area contributed by atoms with Crippen molar-refractivity contribution in [3.05, 3.63) is 54.7 Å². The van der Waals surface area contributed by atoms with Crippen LogP contribution in [0.15, 0.2) is 69.5 Å².